The van der Waals surface area contributed by atoms with E-state index < -0.39 is 0 Å². The van der Waals surface area contributed by atoms with Crippen LogP contribution in [-0.2, 0) is 26.2 Å². The molecule has 0 radical (unpaired) electrons. The highest BCUT2D eigenvalue weighted by Gasteiger charge is 2.53. The summed E-state index contributed by atoms with van der Waals surface area (Å²) in [6.45, 7) is 13.7. The van der Waals surface area contributed by atoms with Gasteiger partial charge < -0.3 is 9.64 Å². The molecule has 1 atom stereocenters. The molecule has 0 bridgehead atoms. The minimum atomic E-state index is -0.312. The lowest BCUT2D eigenvalue weighted by Gasteiger charge is -2.41. The topological polar surface area (TPSA) is 46.6 Å². The van der Waals surface area contributed by atoms with Gasteiger partial charge in [-0.3, -0.25) is 9.59 Å². The van der Waals surface area contributed by atoms with E-state index in [9.17, 15) is 9.59 Å². The number of amides is 1. The molecule has 4 nitrogen and oxygen atoms in total. The van der Waals surface area contributed by atoms with Crippen LogP contribution in [0.3, 0.4) is 0 Å². The Labute approximate surface area is 198 Å². The summed E-state index contributed by atoms with van der Waals surface area (Å²) < 4.78 is 5.04. The third-order valence-electron chi connectivity index (χ3n) is 7.09. The molecule has 1 amide bonds. The molecule has 1 unspecified atom stereocenters. The van der Waals surface area contributed by atoms with Crippen LogP contribution in [0.25, 0.3) is 0 Å². The van der Waals surface area contributed by atoms with Crippen molar-refractivity contribution in [3.8, 4) is 0 Å². The number of carbonyl (C=O) groups is 2. The van der Waals surface area contributed by atoms with Crippen molar-refractivity contribution in [2.24, 2.45) is 10.8 Å². The van der Waals surface area contributed by atoms with Crippen molar-refractivity contribution < 1.29 is 14.3 Å². The standard InChI is InChI=1S/C27H38ClNO3/c1-7-32-24(31)11-15-29-18-22-26(5,6)13-14-27(22,17-23(29)30)20-9-8-19(21(28)16-20)10-12-25(2,3)4/h8-9,16,18H,7,10-15,17H2,1-6H3. The number of aryl methyl sites for hydroxylation is 1. The Morgan fingerprint density at radius 3 is 2.56 bits per heavy atom. The first-order valence-corrected chi connectivity index (χ1v) is 12.2. The average Bonchev–Trinajstić information content (AvgIpc) is 2.96. The number of esters is 1. The lowest BCUT2D eigenvalue weighted by molar-refractivity contribution is -0.143. The summed E-state index contributed by atoms with van der Waals surface area (Å²) in [4.78, 5) is 26.7. The summed E-state index contributed by atoms with van der Waals surface area (Å²) in [5.74, 6) is -0.206. The highest BCUT2D eigenvalue weighted by molar-refractivity contribution is 6.31. The van der Waals surface area contributed by atoms with Crippen molar-refractivity contribution in [1.82, 2.24) is 4.90 Å². The van der Waals surface area contributed by atoms with Gasteiger partial charge in [0, 0.05) is 29.6 Å². The molecule has 176 valence electrons. The number of benzene rings is 1. The van der Waals surface area contributed by atoms with Gasteiger partial charge in [0.05, 0.1) is 13.0 Å². The van der Waals surface area contributed by atoms with E-state index in [-0.39, 0.29) is 34.5 Å². The molecule has 1 heterocycles. The van der Waals surface area contributed by atoms with Crippen LogP contribution in [0.5, 0.6) is 0 Å². The summed E-state index contributed by atoms with van der Waals surface area (Å²) in [7, 11) is 0. The first kappa shape index (κ1) is 24.8. The van der Waals surface area contributed by atoms with E-state index >= 15 is 0 Å². The van der Waals surface area contributed by atoms with Gasteiger partial charge in [-0.05, 0) is 66.2 Å². The molecular formula is C27H38ClNO3. The lowest BCUT2D eigenvalue weighted by Crippen LogP contribution is -2.43. The molecule has 0 N–H and O–H groups in total. The Morgan fingerprint density at radius 2 is 1.94 bits per heavy atom. The maximum Gasteiger partial charge on any atom is 0.307 e. The van der Waals surface area contributed by atoms with Gasteiger partial charge in [-0.2, -0.15) is 0 Å². The molecule has 1 aliphatic carbocycles. The first-order valence-electron chi connectivity index (χ1n) is 11.8. The molecule has 1 fully saturated rings. The second kappa shape index (κ2) is 9.21. The fourth-order valence-electron chi connectivity index (χ4n) is 5.11. The Balaban J connectivity index is 1.90. The molecule has 2 aliphatic rings. The molecule has 1 aromatic rings. The maximum absolute atomic E-state index is 13.2. The van der Waals surface area contributed by atoms with Crippen LogP contribution in [0, 0.1) is 10.8 Å². The van der Waals surface area contributed by atoms with E-state index in [1.54, 1.807) is 11.8 Å². The zero-order valence-electron chi connectivity index (χ0n) is 20.5. The number of hydrogen-bond acceptors (Lipinski definition) is 3. The monoisotopic (exact) mass is 459 g/mol. The van der Waals surface area contributed by atoms with Crippen molar-refractivity contribution in [3.05, 3.63) is 46.1 Å². The third-order valence-corrected chi connectivity index (χ3v) is 7.44. The van der Waals surface area contributed by atoms with Crippen molar-refractivity contribution in [2.75, 3.05) is 13.2 Å². The van der Waals surface area contributed by atoms with Gasteiger partial charge in [-0.15, -0.1) is 0 Å². The number of carbonyl (C=O) groups excluding carboxylic acids is 2. The predicted octanol–water partition coefficient (Wildman–Crippen LogP) is 6.45. The quantitative estimate of drug-likeness (QED) is 0.440. The molecule has 1 aliphatic heterocycles. The summed E-state index contributed by atoms with van der Waals surface area (Å²) in [6, 6.07) is 6.43. The third kappa shape index (κ3) is 5.22. The number of halogens is 1. The van der Waals surface area contributed by atoms with E-state index in [1.165, 1.54) is 11.1 Å². The van der Waals surface area contributed by atoms with E-state index in [1.807, 2.05) is 6.20 Å². The van der Waals surface area contributed by atoms with Crippen LogP contribution in [-0.4, -0.2) is 29.9 Å². The number of fused-ring (bicyclic) bond motifs is 1. The zero-order chi connectivity index (χ0) is 23.7. The van der Waals surface area contributed by atoms with E-state index in [0.29, 0.717) is 19.6 Å². The second-order valence-electron chi connectivity index (χ2n) is 11.2. The van der Waals surface area contributed by atoms with Gasteiger partial charge in [0.25, 0.3) is 0 Å². The van der Waals surface area contributed by atoms with Crippen LogP contribution in [0.2, 0.25) is 5.02 Å². The number of allylic oxidation sites excluding steroid dienone is 1. The molecule has 0 aromatic heterocycles. The number of hydrogen-bond donors (Lipinski definition) is 0. The molecule has 0 spiro atoms. The van der Waals surface area contributed by atoms with Crippen molar-refractivity contribution in [2.45, 2.75) is 85.5 Å². The largest absolute Gasteiger partial charge is 0.466 e. The summed E-state index contributed by atoms with van der Waals surface area (Å²) in [6.07, 6.45) is 6.61. The Bertz CT molecular complexity index is 912. The fraction of sp³-hybridized carbons (Fsp3) is 0.630. The van der Waals surface area contributed by atoms with E-state index in [2.05, 4.69) is 52.8 Å². The molecule has 32 heavy (non-hydrogen) atoms. The smallest absolute Gasteiger partial charge is 0.307 e. The molecule has 1 saturated carbocycles. The number of nitrogens with zero attached hydrogens (tertiary/aromatic N) is 1. The summed E-state index contributed by atoms with van der Waals surface area (Å²) in [5.41, 5.74) is 3.51. The molecular weight excluding hydrogens is 422 g/mol. The van der Waals surface area contributed by atoms with Crippen molar-refractivity contribution >= 4 is 23.5 Å². The van der Waals surface area contributed by atoms with E-state index in [0.717, 1.165) is 36.3 Å². The Morgan fingerprint density at radius 1 is 1.22 bits per heavy atom. The molecule has 5 heteroatoms. The zero-order valence-corrected chi connectivity index (χ0v) is 21.3. The molecule has 0 saturated heterocycles. The highest BCUT2D eigenvalue weighted by atomic mass is 35.5. The van der Waals surface area contributed by atoms with Gasteiger partial charge in [0.2, 0.25) is 5.91 Å². The molecule has 3 rings (SSSR count). The summed E-state index contributed by atoms with van der Waals surface area (Å²) >= 11 is 6.75. The SMILES string of the molecule is CCOC(=O)CCN1C=C2C(C)(C)CCC2(c2ccc(CCC(C)(C)C)c(Cl)c2)CC1=O. The fourth-order valence-corrected chi connectivity index (χ4v) is 5.38. The van der Waals surface area contributed by atoms with Crippen LogP contribution < -0.4 is 0 Å². The highest BCUT2D eigenvalue weighted by Crippen LogP contribution is 2.58. The number of ether oxygens (including phenoxy) is 1. The maximum atomic E-state index is 13.2. The van der Waals surface area contributed by atoms with Gasteiger partial charge in [0.15, 0.2) is 0 Å². The van der Waals surface area contributed by atoms with Crippen LogP contribution >= 0.6 is 11.6 Å². The second-order valence-corrected chi connectivity index (χ2v) is 11.6. The number of rotatable bonds is 7. The minimum Gasteiger partial charge on any atom is -0.466 e. The first-order chi connectivity index (χ1) is 14.9. The predicted molar refractivity (Wildman–Crippen MR) is 130 cm³/mol. The van der Waals surface area contributed by atoms with Crippen molar-refractivity contribution in [3.63, 3.8) is 0 Å². The van der Waals surface area contributed by atoms with Gasteiger partial charge in [-0.1, -0.05) is 58.4 Å². The minimum absolute atomic E-state index is 0.0136. The van der Waals surface area contributed by atoms with Gasteiger partial charge in [0.1, 0.15) is 0 Å². The lowest BCUT2D eigenvalue weighted by atomic mass is 9.68. The Hall–Kier alpha value is -1.81. The van der Waals surface area contributed by atoms with Crippen LogP contribution in [0.15, 0.2) is 30.0 Å². The van der Waals surface area contributed by atoms with Crippen LogP contribution in [0.1, 0.15) is 84.8 Å². The average molecular weight is 460 g/mol. The van der Waals surface area contributed by atoms with Crippen molar-refractivity contribution in [1.29, 1.82) is 0 Å². The van der Waals surface area contributed by atoms with Gasteiger partial charge in [-0.25, -0.2) is 0 Å². The Kier molecular flexibility index (Phi) is 7.14. The normalized spacial score (nSPS) is 22.5. The summed E-state index contributed by atoms with van der Waals surface area (Å²) in [5, 5.41) is 0.794. The van der Waals surface area contributed by atoms with Crippen LogP contribution in [0.4, 0.5) is 0 Å². The van der Waals surface area contributed by atoms with E-state index in [4.69, 9.17) is 16.3 Å². The van der Waals surface area contributed by atoms with Gasteiger partial charge >= 0.3 is 5.97 Å². The molecule has 1 aromatic carbocycles.